The van der Waals surface area contributed by atoms with Crippen LogP contribution in [-0.2, 0) is 15.8 Å². The predicted octanol–water partition coefficient (Wildman–Crippen LogP) is 1.45. The molecule has 0 amide bonds. The second-order valence-corrected chi connectivity index (χ2v) is 8.11. The van der Waals surface area contributed by atoms with E-state index in [-0.39, 0.29) is 11.8 Å². The van der Waals surface area contributed by atoms with Crippen molar-refractivity contribution in [1.29, 1.82) is 0 Å². The van der Waals surface area contributed by atoms with Gasteiger partial charge in [0.15, 0.2) is 0 Å². The van der Waals surface area contributed by atoms with Crippen LogP contribution in [0.5, 0.6) is 0 Å². The standard InChI is InChI=1S/C17H22N2O2S/c1-2-15-12-19-9-8-16(15)10-17(19)11-18-22(20,21)13-14-6-4-3-5-7-14/h1,3-7,15-18H,8-13H2/t15-,16+,17-/m1/s1. The molecule has 0 radical (unpaired) electrons. The maximum Gasteiger partial charge on any atom is 0.215 e. The molecule has 3 aliphatic rings. The highest BCUT2D eigenvalue weighted by molar-refractivity contribution is 7.88. The number of hydrogen-bond donors (Lipinski definition) is 1. The molecule has 1 N–H and O–H groups in total. The molecule has 22 heavy (non-hydrogen) atoms. The zero-order valence-corrected chi connectivity index (χ0v) is 13.4. The number of fused-ring (bicyclic) bond motifs is 3. The minimum atomic E-state index is -3.29. The SMILES string of the molecule is C#C[C@@H]1CN2CC[C@H]1C[C@@H]2CNS(=O)(=O)Cc1ccccc1. The molecular formula is C17H22N2O2S. The number of sulfonamides is 1. The van der Waals surface area contributed by atoms with E-state index < -0.39 is 10.0 Å². The number of piperidine rings is 3. The number of hydrogen-bond acceptors (Lipinski definition) is 3. The van der Waals surface area contributed by atoms with Crippen LogP contribution in [-0.4, -0.2) is 39.0 Å². The maximum atomic E-state index is 12.2. The van der Waals surface area contributed by atoms with Crippen LogP contribution in [0.2, 0.25) is 0 Å². The molecule has 118 valence electrons. The molecule has 4 nitrogen and oxygen atoms in total. The highest BCUT2D eigenvalue weighted by Crippen LogP contribution is 2.35. The molecule has 5 heteroatoms. The molecule has 1 aromatic rings. The van der Waals surface area contributed by atoms with Gasteiger partial charge < -0.3 is 0 Å². The van der Waals surface area contributed by atoms with E-state index in [1.807, 2.05) is 30.3 Å². The molecule has 0 saturated carbocycles. The molecule has 1 unspecified atom stereocenters. The van der Waals surface area contributed by atoms with Gasteiger partial charge in [-0.05, 0) is 30.9 Å². The van der Waals surface area contributed by atoms with Gasteiger partial charge in [0.05, 0.1) is 5.75 Å². The van der Waals surface area contributed by atoms with Gasteiger partial charge in [0.1, 0.15) is 0 Å². The Hall–Kier alpha value is -1.35. The van der Waals surface area contributed by atoms with E-state index in [1.165, 1.54) is 0 Å². The third kappa shape index (κ3) is 3.52. The summed E-state index contributed by atoms with van der Waals surface area (Å²) >= 11 is 0. The summed E-state index contributed by atoms with van der Waals surface area (Å²) < 4.78 is 27.2. The Bertz CT molecular complexity index is 651. The lowest BCUT2D eigenvalue weighted by Gasteiger charge is -2.48. The van der Waals surface area contributed by atoms with Gasteiger partial charge in [-0.25, -0.2) is 13.1 Å². The molecule has 4 atom stereocenters. The van der Waals surface area contributed by atoms with Gasteiger partial charge >= 0.3 is 0 Å². The summed E-state index contributed by atoms with van der Waals surface area (Å²) in [4.78, 5) is 2.34. The first-order valence-electron chi connectivity index (χ1n) is 7.79. The van der Waals surface area contributed by atoms with Gasteiger partial charge in [-0.15, -0.1) is 12.3 Å². The molecule has 3 fully saturated rings. The van der Waals surface area contributed by atoms with E-state index >= 15 is 0 Å². The Morgan fingerprint density at radius 1 is 1.32 bits per heavy atom. The zero-order chi connectivity index (χ0) is 15.6. The van der Waals surface area contributed by atoms with Crippen molar-refractivity contribution in [3.63, 3.8) is 0 Å². The van der Waals surface area contributed by atoms with Crippen molar-refractivity contribution in [1.82, 2.24) is 9.62 Å². The molecule has 0 spiro atoms. The Morgan fingerprint density at radius 3 is 2.73 bits per heavy atom. The third-order valence-corrected chi connectivity index (χ3v) is 6.15. The molecule has 2 bridgehead atoms. The second-order valence-electron chi connectivity index (χ2n) is 6.30. The molecule has 1 aromatic carbocycles. The van der Waals surface area contributed by atoms with E-state index in [9.17, 15) is 8.42 Å². The quantitative estimate of drug-likeness (QED) is 0.836. The maximum absolute atomic E-state index is 12.2. The van der Waals surface area contributed by atoms with Crippen LogP contribution in [0.4, 0.5) is 0 Å². The van der Waals surface area contributed by atoms with E-state index in [4.69, 9.17) is 6.42 Å². The summed E-state index contributed by atoms with van der Waals surface area (Å²) in [7, 11) is -3.29. The molecular weight excluding hydrogens is 296 g/mol. The fourth-order valence-electron chi connectivity index (χ4n) is 3.61. The van der Waals surface area contributed by atoms with E-state index in [2.05, 4.69) is 15.5 Å². The van der Waals surface area contributed by atoms with Crippen molar-refractivity contribution in [2.45, 2.75) is 24.6 Å². The lowest BCUT2D eigenvalue weighted by molar-refractivity contribution is 0.0251. The van der Waals surface area contributed by atoms with Crippen LogP contribution in [0.1, 0.15) is 18.4 Å². The van der Waals surface area contributed by atoms with Gasteiger partial charge in [0.25, 0.3) is 0 Å². The van der Waals surface area contributed by atoms with Crippen LogP contribution in [0, 0.1) is 24.2 Å². The van der Waals surface area contributed by atoms with Gasteiger partial charge in [-0.1, -0.05) is 30.3 Å². The molecule has 3 aliphatic heterocycles. The van der Waals surface area contributed by atoms with E-state index in [0.29, 0.717) is 18.4 Å². The fraction of sp³-hybridized carbons (Fsp3) is 0.529. The summed E-state index contributed by atoms with van der Waals surface area (Å²) in [5, 5.41) is 0. The average molecular weight is 318 g/mol. The highest BCUT2D eigenvalue weighted by Gasteiger charge is 2.39. The van der Waals surface area contributed by atoms with Crippen LogP contribution in [0.25, 0.3) is 0 Å². The predicted molar refractivity (Wildman–Crippen MR) is 87.5 cm³/mol. The normalized spacial score (nSPS) is 30.9. The number of terminal acetylenes is 1. The number of benzene rings is 1. The minimum Gasteiger partial charge on any atom is -0.298 e. The van der Waals surface area contributed by atoms with Crippen molar-refractivity contribution >= 4 is 10.0 Å². The molecule has 0 aromatic heterocycles. The van der Waals surface area contributed by atoms with Crippen molar-refractivity contribution in [2.24, 2.45) is 11.8 Å². The second kappa shape index (κ2) is 6.41. The fourth-order valence-corrected chi connectivity index (χ4v) is 4.79. The summed E-state index contributed by atoms with van der Waals surface area (Å²) in [6.07, 6.45) is 7.72. The van der Waals surface area contributed by atoms with Crippen molar-refractivity contribution in [3.8, 4) is 12.3 Å². The Morgan fingerprint density at radius 2 is 2.09 bits per heavy atom. The summed E-state index contributed by atoms with van der Waals surface area (Å²) in [6, 6.07) is 9.56. The molecule has 0 aliphatic carbocycles. The van der Waals surface area contributed by atoms with E-state index in [1.54, 1.807) is 0 Å². The zero-order valence-electron chi connectivity index (χ0n) is 12.6. The third-order valence-electron chi connectivity index (χ3n) is 4.83. The summed E-state index contributed by atoms with van der Waals surface area (Å²) in [5.41, 5.74) is 0.813. The monoisotopic (exact) mass is 318 g/mol. The first-order valence-corrected chi connectivity index (χ1v) is 9.44. The molecule has 4 rings (SSSR count). The topological polar surface area (TPSA) is 49.4 Å². The van der Waals surface area contributed by atoms with Crippen LogP contribution >= 0.6 is 0 Å². The van der Waals surface area contributed by atoms with Crippen molar-refractivity contribution < 1.29 is 8.42 Å². The minimum absolute atomic E-state index is 0.0387. The molecule has 3 heterocycles. The smallest absolute Gasteiger partial charge is 0.215 e. The number of rotatable bonds is 5. The van der Waals surface area contributed by atoms with Crippen LogP contribution < -0.4 is 4.72 Å². The van der Waals surface area contributed by atoms with Gasteiger partial charge in [0.2, 0.25) is 10.0 Å². The summed E-state index contributed by atoms with van der Waals surface area (Å²) in [5.74, 6) is 3.81. The first kappa shape index (κ1) is 15.5. The first-order chi connectivity index (χ1) is 10.6. The summed E-state index contributed by atoms with van der Waals surface area (Å²) in [6.45, 7) is 2.43. The van der Waals surface area contributed by atoms with Crippen LogP contribution in [0.15, 0.2) is 30.3 Å². The Balaban J connectivity index is 1.56. The van der Waals surface area contributed by atoms with Crippen molar-refractivity contribution in [3.05, 3.63) is 35.9 Å². The molecule has 3 saturated heterocycles. The lowest BCUT2D eigenvalue weighted by Crippen LogP contribution is -2.56. The Kier molecular flexibility index (Phi) is 4.53. The van der Waals surface area contributed by atoms with Gasteiger partial charge in [-0.3, -0.25) is 4.90 Å². The average Bonchev–Trinajstić information content (AvgIpc) is 2.54. The van der Waals surface area contributed by atoms with E-state index in [0.717, 1.165) is 31.5 Å². The van der Waals surface area contributed by atoms with Crippen LogP contribution in [0.3, 0.4) is 0 Å². The number of nitrogens with one attached hydrogen (secondary N) is 1. The number of nitrogens with zero attached hydrogens (tertiary/aromatic N) is 1. The lowest BCUT2D eigenvalue weighted by atomic mass is 9.76. The Labute approximate surface area is 133 Å². The van der Waals surface area contributed by atoms with Gasteiger partial charge in [-0.2, -0.15) is 0 Å². The largest absolute Gasteiger partial charge is 0.298 e. The van der Waals surface area contributed by atoms with Crippen molar-refractivity contribution in [2.75, 3.05) is 19.6 Å². The highest BCUT2D eigenvalue weighted by atomic mass is 32.2. The van der Waals surface area contributed by atoms with Gasteiger partial charge in [0, 0.05) is 25.0 Å².